The van der Waals surface area contributed by atoms with E-state index in [0.717, 1.165) is 37.7 Å². The van der Waals surface area contributed by atoms with Crippen LogP contribution >= 0.6 is 0 Å². The summed E-state index contributed by atoms with van der Waals surface area (Å²) in [6, 6.07) is 19.8. The Morgan fingerprint density at radius 3 is 2.49 bits per heavy atom. The van der Waals surface area contributed by atoms with E-state index in [4.69, 9.17) is 4.74 Å². The molecular weight excluding hydrogens is 488 g/mol. The zero-order chi connectivity index (χ0) is 27.2. The third-order valence-electron chi connectivity index (χ3n) is 8.26. The molecule has 2 amide bonds. The van der Waals surface area contributed by atoms with Crippen LogP contribution in [0.5, 0.6) is 11.5 Å². The van der Waals surface area contributed by atoms with Gasteiger partial charge in [-0.05, 0) is 78.6 Å². The number of amides is 2. The second-order valence-corrected chi connectivity index (χ2v) is 10.9. The first-order chi connectivity index (χ1) is 19.0. The Kier molecular flexibility index (Phi) is 8.50. The van der Waals surface area contributed by atoms with E-state index in [1.54, 1.807) is 19.2 Å². The van der Waals surface area contributed by atoms with Crippen LogP contribution in [0.1, 0.15) is 78.9 Å². The number of fused-ring (bicyclic) bond motifs is 1. The third-order valence-corrected chi connectivity index (χ3v) is 8.26. The Morgan fingerprint density at radius 2 is 1.72 bits per heavy atom. The second-order valence-electron chi connectivity index (χ2n) is 10.9. The highest BCUT2D eigenvalue weighted by Gasteiger charge is 2.29. The van der Waals surface area contributed by atoms with E-state index in [1.807, 2.05) is 36.4 Å². The fourth-order valence-electron chi connectivity index (χ4n) is 6.08. The Morgan fingerprint density at radius 1 is 0.949 bits per heavy atom. The Balaban J connectivity index is 1.35. The monoisotopic (exact) mass is 526 g/mol. The minimum absolute atomic E-state index is 0.0384. The van der Waals surface area contributed by atoms with Crippen molar-refractivity contribution in [3.8, 4) is 22.6 Å². The first-order valence-corrected chi connectivity index (χ1v) is 14.2. The first-order valence-electron chi connectivity index (χ1n) is 14.2. The standard InChI is InChI=1S/C33H38N2O4/c1-39-26-17-14-24(15-18-26)28-21-25(16-19-31(28)36)32(37)35-30(20-22-8-3-2-4-9-22)33(38)34-29-13-7-11-23-10-5-6-12-27(23)29/h5-6,10,12,14-19,21-22,29-30,36H,2-4,7-9,11,13,20H2,1H3,(H,34,38)(H,35,37)/t29?,30-/m0/s1. The molecule has 39 heavy (non-hydrogen) atoms. The van der Waals surface area contributed by atoms with Gasteiger partial charge in [-0.15, -0.1) is 0 Å². The normalized spacial score (nSPS) is 18.0. The average Bonchev–Trinajstić information content (AvgIpc) is 2.98. The molecule has 5 rings (SSSR count). The predicted molar refractivity (Wildman–Crippen MR) is 153 cm³/mol. The number of nitrogens with one attached hydrogen (secondary N) is 2. The lowest BCUT2D eigenvalue weighted by molar-refractivity contribution is -0.124. The molecule has 1 unspecified atom stereocenters. The molecule has 204 valence electrons. The van der Waals surface area contributed by atoms with E-state index in [1.165, 1.54) is 36.5 Å². The minimum Gasteiger partial charge on any atom is -0.507 e. The number of phenolic OH excluding ortho intramolecular Hbond substituents is 1. The number of aryl methyl sites for hydroxylation is 1. The van der Waals surface area contributed by atoms with E-state index in [-0.39, 0.29) is 23.6 Å². The van der Waals surface area contributed by atoms with Crippen LogP contribution in [0.2, 0.25) is 0 Å². The molecule has 1 saturated carbocycles. The van der Waals surface area contributed by atoms with E-state index in [9.17, 15) is 14.7 Å². The van der Waals surface area contributed by atoms with Crippen molar-refractivity contribution in [1.29, 1.82) is 0 Å². The summed E-state index contributed by atoms with van der Waals surface area (Å²) in [6.07, 6.45) is 9.36. The quantitative estimate of drug-likeness (QED) is 0.320. The topological polar surface area (TPSA) is 87.7 Å². The van der Waals surface area contributed by atoms with Crippen LogP contribution in [0, 0.1) is 5.92 Å². The number of carbonyl (C=O) groups excluding carboxylic acids is 2. The summed E-state index contributed by atoms with van der Waals surface area (Å²) in [7, 11) is 1.60. The van der Waals surface area contributed by atoms with Gasteiger partial charge in [0, 0.05) is 11.1 Å². The van der Waals surface area contributed by atoms with Gasteiger partial charge in [0.25, 0.3) is 5.91 Å². The van der Waals surface area contributed by atoms with Crippen LogP contribution in [0.4, 0.5) is 0 Å². The zero-order valence-corrected chi connectivity index (χ0v) is 22.6. The molecule has 6 nitrogen and oxygen atoms in total. The number of hydrogen-bond acceptors (Lipinski definition) is 4. The molecule has 3 aromatic carbocycles. The van der Waals surface area contributed by atoms with Crippen LogP contribution in [-0.2, 0) is 11.2 Å². The summed E-state index contributed by atoms with van der Waals surface area (Å²) < 4.78 is 5.24. The molecule has 2 aliphatic carbocycles. The van der Waals surface area contributed by atoms with Crippen molar-refractivity contribution in [2.75, 3.05) is 7.11 Å². The average molecular weight is 527 g/mol. The van der Waals surface area contributed by atoms with Crippen LogP contribution in [0.25, 0.3) is 11.1 Å². The van der Waals surface area contributed by atoms with Crippen molar-refractivity contribution < 1.29 is 19.4 Å². The van der Waals surface area contributed by atoms with Gasteiger partial charge in [0.15, 0.2) is 0 Å². The lowest BCUT2D eigenvalue weighted by Gasteiger charge is -2.30. The Hall–Kier alpha value is -3.80. The highest BCUT2D eigenvalue weighted by molar-refractivity contribution is 5.99. The molecule has 6 heteroatoms. The molecular formula is C33H38N2O4. The molecule has 0 bridgehead atoms. The summed E-state index contributed by atoms with van der Waals surface area (Å²) in [4.78, 5) is 27.2. The van der Waals surface area contributed by atoms with Crippen molar-refractivity contribution in [3.63, 3.8) is 0 Å². The van der Waals surface area contributed by atoms with Crippen molar-refractivity contribution in [3.05, 3.63) is 83.4 Å². The third kappa shape index (κ3) is 6.44. The lowest BCUT2D eigenvalue weighted by Crippen LogP contribution is -2.49. The van der Waals surface area contributed by atoms with E-state index in [2.05, 4.69) is 22.8 Å². The number of carbonyl (C=O) groups is 2. The molecule has 3 N–H and O–H groups in total. The van der Waals surface area contributed by atoms with Gasteiger partial charge < -0.3 is 20.5 Å². The number of hydrogen-bond donors (Lipinski definition) is 3. The lowest BCUT2D eigenvalue weighted by atomic mass is 9.84. The predicted octanol–water partition coefficient (Wildman–Crippen LogP) is 6.33. The van der Waals surface area contributed by atoms with E-state index < -0.39 is 6.04 Å². The molecule has 0 saturated heterocycles. The summed E-state index contributed by atoms with van der Waals surface area (Å²) in [5.74, 6) is 0.783. The molecule has 0 aromatic heterocycles. The van der Waals surface area contributed by atoms with Crippen LogP contribution in [-0.4, -0.2) is 30.1 Å². The maximum atomic E-state index is 13.7. The van der Waals surface area contributed by atoms with Crippen molar-refractivity contribution in [2.24, 2.45) is 5.92 Å². The summed E-state index contributed by atoms with van der Waals surface area (Å²) in [6.45, 7) is 0. The number of ether oxygens (including phenoxy) is 1. The van der Waals surface area contributed by atoms with Crippen molar-refractivity contribution in [2.45, 2.75) is 69.9 Å². The largest absolute Gasteiger partial charge is 0.507 e. The first kappa shape index (κ1) is 26.8. The maximum absolute atomic E-state index is 13.7. The maximum Gasteiger partial charge on any atom is 0.251 e. The highest BCUT2D eigenvalue weighted by atomic mass is 16.5. The zero-order valence-electron chi connectivity index (χ0n) is 22.6. The van der Waals surface area contributed by atoms with Gasteiger partial charge in [0.1, 0.15) is 17.5 Å². The molecule has 0 aliphatic heterocycles. The molecule has 0 radical (unpaired) electrons. The SMILES string of the molecule is COc1ccc(-c2cc(C(=O)N[C@@H](CC3CCCCC3)C(=O)NC3CCCc4ccccc43)ccc2O)cc1. The molecule has 0 heterocycles. The number of phenols is 1. The van der Waals surface area contributed by atoms with Gasteiger partial charge in [-0.1, -0.05) is 68.5 Å². The van der Waals surface area contributed by atoms with Crippen molar-refractivity contribution in [1.82, 2.24) is 10.6 Å². The minimum atomic E-state index is -0.618. The molecule has 2 aliphatic rings. The van der Waals surface area contributed by atoms with Crippen molar-refractivity contribution >= 4 is 11.8 Å². The van der Waals surface area contributed by atoms with E-state index in [0.29, 0.717) is 29.2 Å². The van der Waals surface area contributed by atoms with E-state index >= 15 is 0 Å². The summed E-state index contributed by atoms with van der Waals surface area (Å²) in [5, 5.41) is 16.8. The smallest absolute Gasteiger partial charge is 0.251 e. The number of aromatic hydroxyl groups is 1. The molecule has 3 aromatic rings. The number of benzene rings is 3. The second kappa shape index (κ2) is 12.4. The Bertz CT molecular complexity index is 1300. The van der Waals surface area contributed by atoms with Crippen LogP contribution in [0.15, 0.2) is 66.7 Å². The van der Waals surface area contributed by atoms with Gasteiger partial charge in [-0.25, -0.2) is 0 Å². The molecule has 1 fully saturated rings. The van der Waals surface area contributed by atoms with Gasteiger partial charge in [0.2, 0.25) is 5.91 Å². The summed E-state index contributed by atoms with van der Waals surface area (Å²) >= 11 is 0. The number of methoxy groups -OCH3 is 1. The fourth-order valence-corrected chi connectivity index (χ4v) is 6.08. The van der Waals surface area contributed by atoms with Gasteiger partial charge in [0.05, 0.1) is 13.2 Å². The fraction of sp³-hybridized carbons (Fsp3) is 0.394. The van der Waals surface area contributed by atoms with Gasteiger partial charge in [-0.3, -0.25) is 9.59 Å². The summed E-state index contributed by atoms with van der Waals surface area (Å²) in [5.41, 5.74) is 4.20. The number of rotatable bonds is 8. The van der Waals surface area contributed by atoms with Crippen LogP contribution in [0.3, 0.4) is 0 Å². The van der Waals surface area contributed by atoms with Crippen LogP contribution < -0.4 is 15.4 Å². The molecule has 2 atom stereocenters. The van der Waals surface area contributed by atoms with Gasteiger partial charge >= 0.3 is 0 Å². The molecule has 0 spiro atoms. The Labute approximate surface area is 230 Å². The van der Waals surface area contributed by atoms with Gasteiger partial charge in [-0.2, -0.15) is 0 Å². The highest BCUT2D eigenvalue weighted by Crippen LogP contribution is 2.33.